The highest BCUT2D eigenvalue weighted by Gasteiger charge is 2.36. The van der Waals surface area contributed by atoms with E-state index in [0.29, 0.717) is 21.4 Å². The molecule has 0 aliphatic carbocycles. The number of benzene rings is 2. The lowest BCUT2D eigenvalue weighted by molar-refractivity contribution is -0.122. The maximum absolute atomic E-state index is 12.3. The smallest absolute Gasteiger partial charge is 0.229 e. The van der Waals surface area contributed by atoms with Gasteiger partial charge in [-0.3, -0.25) is 9.59 Å². The Balaban J connectivity index is 1.75. The molecule has 2 aromatic rings. The molecule has 118 valence electrons. The number of nitrogens with one attached hydrogen (secondary N) is 1. The number of anilines is 2. The maximum atomic E-state index is 12.3. The summed E-state index contributed by atoms with van der Waals surface area (Å²) in [6.07, 6.45) is 0.154. The first-order chi connectivity index (χ1) is 11.1. The number of amides is 2. The van der Waals surface area contributed by atoms with Crippen molar-refractivity contribution in [1.82, 2.24) is 0 Å². The molecule has 1 fully saturated rings. The molecule has 0 unspecified atom stereocenters. The Morgan fingerprint density at radius 3 is 2.57 bits per heavy atom. The van der Waals surface area contributed by atoms with Crippen LogP contribution in [-0.2, 0) is 9.59 Å². The van der Waals surface area contributed by atoms with Gasteiger partial charge < -0.3 is 10.2 Å². The van der Waals surface area contributed by atoms with Crippen molar-refractivity contribution in [2.45, 2.75) is 6.42 Å². The van der Waals surface area contributed by atoms with Crippen LogP contribution in [0.5, 0.6) is 0 Å². The topological polar surface area (TPSA) is 49.4 Å². The zero-order chi connectivity index (χ0) is 16.4. The van der Waals surface area contributed by atoms with E-state index in [1.165, 1.54) is 4.90 Å². The molecule has 0 aromatic heterocycles. The average molecular weight is 349 g/mol. The van der Waals surface area contributed by atoms with Crippen LogP contribution in [0.25, 0.3) is 0 Å². The van der Waals surface area contributed by atoms with Crippen molar-refractivity contribution in [3.8, 4) is 0 Å². The Bertz CT molecular complexity index is 750. The normalized spacial score (nSPS) is 17.4. The van der Waals surface area contributed by atoms with Gasteiger partial charge in [0, 0.05) is 18.7 Å². The Kier molecular flexibility index (Phi) is 4.55. The molecule has 1 N–H and O–H groups in total. The lowest BCUT2D eigenvalue weighted by Gasteiger charge is -2.18. The van der Waals surface area contributed by atoms with Crippen LogP contribution in [0.4, 0.5) is 11.4 Å². The number of nitrogens with zero attached hydrogens (tertiary/aromatic N) is 1. The van der Waals surface area contributed by atoms with Crippen molar-refractivity contribution < 1.29 is 9.59 Å². The van der Waals surface area contributed by atoms with Gasteiger partial charge in [-0.15, -0.1) is 0 Å². The van der Waals surface area contributed by atoms with Gasteiger partial charge in [0.25, 0.3) is 0 Å². The van der Waals surface area contributed by atoms with Gasteiger partial charge in [-0.25, -0.2) is 0 Å². The molecular weight excluding hydrogens is 335 g/mol. The van der Waals surface area contributed by atoms with E-state index < -0.39 is 5.92 Å². The van der Waals surface area contributed by atoms with Crippen molar-refractivity contribution in [2.75, 3.05) is 16.8 Å². The lowest BCUT2D eigenvalue weighted by atomic mass is 10.1. The van der Waals surface area contributed by atoms with Crippen molar-refractivity contribution in [2.24, 2.45) is 5.92 Å². The third kappa shape index (κ3) is 3.33. The number of hydrogen-bond acceptors (Lipinski definition) is 2. The second kappa shape index (κ2) is 6.60. The minimum absolute atomic E-state index is 0.137. The van der Waals surface area contributed by atoms with Crippen LogP contribution in [-0.4, -0.2) is 18.4 Å². The molecule has 0 spiro atoms. The van der Waals surface area contributed by atoms with E-state index in [0.717, 1.165) is 0 Å². The first-order valence-corrected chi connectivity index (χ1v) is 7.92. The van der Waals surface area contributed by atoms with E-state index in [1.807, 2.05) is 18.2 Å². The molecule has 2 amide bonds. The molecule has 1 aliphatic heterocycles. The number of halogens is 2. The van der Waals surface area contributed by atoms with Gasteiger partial charge in [0.2, 0.25) is 11.8 Å². The van der Waals surface area contributed by atoms with Crippen molar-refractivity contribution in [1.29, 1.82) is 0 Å². The van der Waals surface area contributed by atoms with Gasteiger partial charge >= 0.3 is 0 Å². The second-order valence-electron chi connectivity index (χ2n) is 5.33. The van der Waals surface area contributed by atoms with Crippen LogP contribution in [0.2, 0.25) is 10.0 Å². The molecule has 1 atom stereocenters. The summed E-state index contributed by atoms with van der Waals surface area (Å²) in [5, 5.41) is 3.53. The van der Waals surface area contributed by atoms with Gasteiger partial charge in [-0.2, -0.15) is 0 Å². The number of rotatable bonds is 3. The molecule has 0 bridgehead atoms. The van der Waals surface area contributed by atoms with Gasteiger partial charge in [-0.05, 0) is 24.3 Å². The van der Waals surface area contributed by atoms with Gasteiger partial charge in [0.15, 0.2) is 0 Å². The third-order valence-electron chi connectivity index (χ3n) is 3.76. The van der Waals surface area contributed by atoms with E-state index in [9.17, 15) is 9.59 Å². The summed E-state index contributed by atoms with van der Waals surface area (Å²) < 4.78 is 0. The number of carbonyl (C=O) groups is 2. The predicted molar refractivity (Wildman–Crippen MR) is 92.0 cm³/mol. The largest absolute Gasteiger partial charge is 0.326 e. The first-order valence-electron chi connectivity index (χ1n) is 7.16. The summed E-state index contributed by atoms with van der Waals surface area (Å²) in [7, 11) is 0. The Labute approximate surface area is 144 Å². The molecule has 1 aliphatic rings. The first kappa shape index (κ1) is 15.8. The molecule has 4 nitrogen and oxygen atoms in total. The monoisotopic (exact) mass is 348 g/mol. The minimum atomic E-state index is -0.419. The van der Waals surface area contributed by atoms with Crippen LogP contribution in [0, 0.1) is 5.92 Å². The van der Waals surface area contributed by atoms with Gasteiger partial charge in [0.1, 0.15) is 0 Å². The molecular formula is C17H14Cl2N2O2. The van der Waals surface area contributed by atoms with E-state index in [-0.39, 0.29) is 24.8 Å². The molecule has 0 saturated carbocycles. The summed E-state index contributed by atoms with van der Waals surface area (Å²) in [5.74, 6) is -0.731. The fourth-order valence-electron chi connectivity index (χ4n) is 2.58. The molecule has 1 heterocycles. The summed E-state index contributed by atoms with van der Waals surface area (Å²) >= 11 is 12.2. The van der Waals surface area contributed by atoms with Crippen LogP contribution < -0.4 is 10.2 Å². The van der Waals surface area contributed by atoms with Gasteiger partial charge in [-0.1, -0.05) is 47.5 Å². The van der Waals surface area contributed by atoms with E-state index >= 15 is 0 Å². The zero-order valence-corrected chi connectivity index (χ0v) is 13.6. The van der Waals surface area contributed by atoms with Crippen LogP contribution >= 0.6 is 23.2 Å². The highest BCUT2D eigenvalue weighted by molar-refractivity contribution is 6.44. The van der Waals surface area contributed by atoms with Crippen LogP contribution in [0.15, 0.2) is 48.5 Å². The summed E-state index contributed by atoms with van der Waals surface area (Å²) in [5.41, 5.74) is 1.25. The quantitative estimate of drug-likeness (QED) is 0.911. The summed E-state index contributed by atoms with van der Waals surface area (Å²) in [6.45, 7) is 0.289. The van der Waals surface area contributed by atoms with Crippen molar-refractivity contribution >= 4 is 46.4 Å². The summed E-state index contributed by atoms with van der Waals surface area (Å²) in [4.78, 5) is 26.1. The second-order valence-corrected chi connectivity index (χ2v) is 6.12. The fraction of sp³-hybridized carbons (Fsp3) is 0.176. The highest BCUT2D eigenvalue weighted by atomic mass is 35.5. The highest BCUT2D eigenvalue weighted by Crippen LogP contribution is 2.35. The van der Waals surface area contributed by atoms with E-state index in [1.54, 1.807) is 30.3 Å². The number of para-hydroxylation sites is 1. The van der Waals surface area contributed by atoms with Crippen molar-refractivity contribution in [3.05, 3.63) is 58.6 Å². The molecule has 6 heteroatoms. The lowest BCUT2D eigenvalue weighted by Crippen LogP contribution is -2.28. The predicted octanol–water partition coefficient (Wildman–Crippen LogP) is 3.99. The molecule has 23 heavy (non-hydrogen) atoms. The third-order valence-corrected chi connectivity index (χ3v) is 4.57. The molecule has 1 saturated heterocycles. The van der Waals surface area contributed by atoms with E-state index in [4.69, 9.17) is 23.2 Å². The average Bonchev–Trinajstić information content (AvgIpc) is 2.93. The zero-order valence-electron chi connectivity index (χ0n) is 12.1. The Hall–Kier alpha value is -2.04. The SMILES string of the molecule is O=C(Nc1ccccc1)[C@H]1CC(=O)N(c2cccc(Cl)c2Cl)C1. The van der Waals surface area contributed by atoms with Crippen LogP contribution in [0.3, 0.4) is 0 Å². The maximum Gasteiger partial charge on any atom is 0.229 e. The summed E-state index contributed by atoms with van der Waals surface area (Å²) in [6, 6.07) is 14.3. The number of carbonyl (C=O) groups excluding carboxylic acids is 2. The van der Waals surface area contributed by atoms with E-state index in [2.05, 4.69) is 5.32 Å². The van der Waals surface area contributed by atoms with Crippen LogP contribution in [0.1, 0.15) is 6.42 Å². The minimum Gasteiger partial charge on any atom is -0.326 e. The molecule has 0 radical (unpaired) electrons. The van der Waals surface area contributed by atoms with Crippen molar-refractivity contribution in [3.63, 3.8) is 0 Å². The van der Waals surface area contributed by atoms with Gasteiger partial charge in [0.05, 0.1) is 21.7 Å². The molecule has 3 rings (SSSR count). The fourth-order valence-corrected chi connectivity index (χ4v) is 2.98. The standard InChI is InChI=1S/C17H14Cl2N2O2/c18-13-7-4-8-14(16(13)19)21-10-11(9-15(21)22)17(23)20-12-5-2-1-3-6-12/h1-8,11H,9-10H2,(H,20,23)/t11-/m0/s1. The number of hydrogen-bond donors (Lipinski definition) is 1. The molecule has 2 aromatic carbocycles. The Morgan fingerprint density at radius 1 is 1.09 bits per heavy atom. The Morgan fingerprint density at radius 2 is 1.83 bits per heavy atom.